The van der Waals surface area contributed by atoms with E-state index >= 15 is 0 Å². The number of benzene rings is 1. The molecule has 0 bridgehead atoms. The van der Waals surface area contributed by atoms with Gasteiger partial charge in [-0.3, -0.25) is 14.5 Å². The van der Waals surface area contributed by atoms with Crippen LogP contribution in [0.2, 0.25) is 0 Å². The molecule has 1 aromatic rings. The molecule has 7 nitrogen and oxygen atoms in total. The average Bonchev–Trinajstić information content (AvgIpc) is 3.16. The van der Waals surface area contributed by atoms with Gasteiger partial charge >= 0.3 is 6.09 Å². The molecule has 0 aliphatic carbocycles. The fraction of sp³-hybridized carbons (Fsp3) is 0.438. The molecule has 0 radical (unpaired) electrons. The van der Waals surface area contributed by atoms with Gasteiger partial charge in [0.15, 0.2) is 0 Å². The Balaban J connectivity index is 1.73. The van der Waals surface area contributed by atoms with E-state index in [0.29, 0.717) is 13.0 Å². The summed E-state index contributed by atoms with van der Waals surface area (Å²) in [5.41, 5.74) is 6.26. The standard InChI is InChI=1S/C16H19N3O4/c17-15(21)12-7-4-8-18(12)14(20)9-19-13(10-23-16(19)22)11-5-2-1-3-6-11/h1-3,5-6,12-13H,4,7-10H2,(H2,17,21)/t12?,13-/m1/s1. The number of likely N-dealkylation sites (tertiary alicyclic amines) is 1. The quantitative estimate of drug-likeness (QED) is 0.882. The second-order valence-corrected chi connectivity index (χ2v) is 5.78. The summed E-state index contributed by atoms with van der Waals surface area (Å²) in [6, 6.07) is 8.57. The summed E-state index contributed by atoms with van der Waals surface area (Å²) in [7, 11) is 0. The molecule has 2 N–H and O–H groups in total. The molecule has 3 amide bonds. The lowest BCUT2D eigenvalue weighted by Gasteiger charge is -2.26. The third kappa shape index (κ3) is 2.99. The number of cyclic esters (lactones) is 1. The van der Waals surface area contributed by atoms with E-state index in [1.165, 1.54) is 9.80 Å². The third-order valence-corrected chi connectivity index (χ3v) is 4.37. The fourth-order valence-electron chi connectivity index (χ4n) is 3.17. The summed E-state index contributed by atoms with van der Waals surface area (Å²) < 4.78 is 5.09. The summed E-state index contributed by atoms with van der Waals surface area (Å²) in [5, 5.41) is 0. The number of ether oxygens (including phenoxy) is 1. The number of nitrogens with zero attached hydrogens (tertiary/aromatic N) is 2. The van der Waals surface area contributed by atoms with Gasteiger partial charge in [-0.1, -0.05) is 30.3 Å². The Labute approximate surface area is 134 Å². The van der Waals surface area contributed by atoms with Gasteiger partial charge in [-0.2, -0.15) is 0 Å². The van der Waals surface area contributed by atoms with Crippen molar-refractivity contribution in [3.05, 3.63) is 35.9 Å². The number of carbonyl (C=O) groups is 3. The van der Waals surface area contributed by atoms with Crippen LogP contribution in [0.25, 0.3) is 0 Å². The molecule has 2 aliphatic heterocycles. The Morgan fingerprint density at radius 1 is 1.26 bits per heavy atom. The predicted molar refractivity (Wildman–Crippen MR) is 81.2 cm³/mol. The van der Waals surface area contributed by atoms with E-state index in [9.17, 15) is 14.4 Å². The van der Waals surface area contributed by atoms with Crippen molar-refractivity contribution < 1.29 is 19.1 Å². The lowest BCUT2D eigenvalue weighted by atomic mass is 10.1. The highest BCUT2D eigenvalue weighted by molar-refractivity contribution is 5.89. The van der Waals surface area contributed by atoms with E-state index < -0.39 is 18.0 Å². The first-order valence-corrected chi connectivity index (χ1v) is 7.65. The molecule has 2 heterocycles. The van der Waals surface area contributed by atoms with Crippen LogP contribution in [0.5, 0.6) is 0 Å². The molecule has 0 spiro atoms. The monoisotopic (exact) mass is 317 g/mol. The highest BCUT2D eigenvalue weighted by atomic mass is 16.6. The zero-order valence-electron chi connectivity index (χ0n) is 12.7. The molecule has 0 aromatic heterocycles. The van der Waals surface area contributed by atoms with Gasteiger partial charge in [0.05, 0.1) is 6.04 Å². The Kier molecular flexibility index (Phi) is 4.18. The lowest BCUT2D eigenvalue weighted by Crippen LogP contribution is -2.48. The Morgan fingerprint density at radius 2 is 2.00 bits per heavy atom. The molecule has 7 heteroatoms. The van der Waals surface area contributed by atoms with E-state index in [1.54, 1.807) is 0 Å². The first kappa shape index (κ1) is 15.3. The van der Waals surface area contributed by atoms with Crippen LogP contribution >= 0.6 is 0 Å². The van der Waals surface area contributed by atoms with Crippen LogP contribution in [0.15, 0.2) is 30.3 Å². The van der Waals surface area contributed by atoms with Crippen LogP contribution in [0.4, 0.5) is 4.79 Å². The molecular weight excluding hydrogens is 298 g/mol. The van der Waals surface area contributed by atoms with Crippen LogP contribution in [0.1, 0.15) is 24.4 Å². The molecule has 2 fully saturated rings. The highest BCUT2D eigenvalue weighted by Crippen LogP contribution is 2.28. The number of amides is 3. The second-order valence-electron chi connectivity index (χ2n) is 5.78. The minimum atomic E-state index is -0.573. The van der Waals surface area contributed by atoms with Gasteiger partial charge in [-0.25, -0.2) is 4.79 Å². The molecule has 2 aliphatic rings. The topological polar surface area (TPSA) is 92.9 Å². The summed E-state index contributed by atoms with van der Waals surface area (Å²) in [5.74, 6) is -0.773. The van der Waals surface area contributed by atoms with Crippen LogP contribution in [0.3, 0.4) is 0 Å². The molecule has 23 heavy (non-hydrogen) atoms. The number of hydrogen-bond donors (Lipinski definition) is 1. The van der Waals surface area contributed by atoms with Crippen molar-refractivity contribution in [1.82, 2.24) is 9.80 Å². The molecule has 1 aromatic carbocycles. The van der Waals surface area contributed by atoms with Crippen molar-refractivity contribution in [3.8, 4) is 0 Å². The van der Waals surface area contributed by atoms with Crippen molar-refractivity contribution in [2.75, 3.05) is 19.7 Å². The van der Waals surface area contributed by atoms with Crippen molar-refractivity contribution in [1.29, 1.82) is 0 Å². The summed E-state index contributed by atoms with van der Waals surface area (Å²) in [6.07, 6.45) is 0.807. The van der Waals surface area contributed by atoms with Crippen molar-refractivity contribution in [2.45, 2.75) is 24.9 Å². The second kappa shape index (κ2) is 6.28. The molecule has 122 valence electrons. The molecule has 2 saturated heterocycles. The number of hydrogen-bond acceptors (Lipinski definition) is 4. The Morgan fingerprint density at radius 3 is 2.70 bits per heavy atom. The number of carbonyl (C=O) groups excluding carboxylic acids is 3. The van der Waals surface area contributed by atoms with Crippen LogP contribution in [0, 0.1) is 0 Å². The van der Waals surface area contributed by atoms with Gasteiger partial charge in [0, 0.05) is 6.54 Å². The first-order chi connectivity index (χ1) is 11.1. The van der Waals surface area contributed by atoms with Gasteiger partial charge < -0.3 is 15.4 Å². The van der Waals surface area contributed by atoms with E-state index in [4.69, 9.17) is 10.5 Å². The van der Waals surface area contributed by atoms with Gasteiger partial charge in [0.1, 0.15) is 19.2 Å². The smallest absolute Gasteiger partial charge is 0.410 e. The lowest BCUT2D eigenvalue weighted by molar-refractivity contribution is -0.137. The normalized spacial score (nSPS) is 23.9. The predicted octanol–water partition coefficient (Wildman–Crippen LogP) is 0.656. The largest absolute Gasteiger partial charge is 0.447 e. The minimum absolute atomic E-state index is 0.109. The number of nitrogens with two attached hydrogens (primary N) is 1. The number of rotatable bonds is 4. The maximum atomic E-state index is 12.5. The summed E-state index contributed by atoms with van der Waals surface area (Å²) >= 11 is 0. The third-order valence-electron chi connectivity index (χ3n) is 4.37. The number of primary amides is 1. The van der Waals surface area contributed by atoms with Crippen molar-refractivity contribution in [2.24, 2.45) is 5.73 Å². The zero-order chi connectivity index (χ0) is 16.4. The van der Waals surface area contributed by atoms with Crippen molar-refractivity contribution in [3.63, 3.8) is 0 Å². The maximum Gasteiger partial charge on any atom is 0.410 e. The molecule has 2 atom stereocenters. The van der Waals surface area contributed by atoms with Gasteiger partial charge in [0.25, 0.3) is 0 Å². The van der Waals surface area contributed by atoms with E-state index in [0.717, 1.165) is 12.0 Å². The Hall–Kier alpha value is -2.57. The molecule has 1 unspecified atom stereocenters. The zero-order valence-corrected chi connectivity index (χ0v) is 12.7. The van der Waals surface area contributed by atoms with Gasteiger partial charge in [-0.05, 0) is 18.4 Å². The van der Waals surface area contributed by atoms with Crippen LogP contribution in [-0.2, 0) is 14.3 Å². The fourth-order valence-corrected chi connectivity index (χ4v) is 3.17. The summed E-state index contributed by atoms with van der Waals surface area (Å²) in [6.45, 7) is 0.600. The highest BCUT2D eigenvalue weighted by Gasteiger charge is 2.39. The molecular formula is C16H19N3O4. The van der Waals surface area contributed by atoms with Gasteiger partial charge in [0.2, 0.25) is 11.8 Å². The molecule has 3 rings (SSSR count). The maximum absolute atomic E-state index is 12.5. The minimum Gasteiger partial charge on any atom is -0.447 e. The average molecular weight is 317 g/mol. The SMILES string of the molecule is NC(=O)C1CCCN1C(=O)CN1C(=O)OC[C@@H]1c1ccccc1. The van der Waals surface area contributed by atoms with Crippen molar-refractivity contribution >= 4 is 17.9 Å². The van der Waals surface area contributed by atoms with Crippen LogP contribution in [-0.4, -0.2) is 53.4 Å². The van der Waals surface area contributed by atoms with E-state index in [2.05, 4.69) is 0 Å². The van der Waals surface area contributed by atoms with E-state index in [1.807, 2.05) is 30.3 Å². The Bertz CT molecular complexity index is 619. The van der Waals surface area contributed by atoms with Gasteiger partial charge in [-0.15, -0.1) is 0 Å². The van der Waals surface area contributed by atoms with E-state index in [-0.39, 0.29) is 25.1 Å². The molecule has 0 saturated carbocycles. The first-order valence-electron chi connectivity index (χ1n) is 7.65. The van der Waals surface area contributed by atoms with Crippen LogP contribution < -0.4 is 5.73 Å². The summed E-state index contributed by atoms with van der Waals surface area (Å²) in [4.78, 5) is 38.8.